The molecule has 1 aromatic rings. The van der Waals surface area contributed by atoms with Gasteiger partial charge in [0.2, 0.25) is 0 Å². The van der Waals surface area contributed by atoms with E-state index in [0.29, 0.717) is 25.0 Å². The zero-order valence-corrected chi connectivity index (χ0v) is 11.8. The molecule has 0 spiro atoms. The van der Waals surface area contributed by atoms with Gasteiger partial charge in [0.05, 0.1) is 18.3 Å². The molecule has 1 aliphatic rings. The van der Waals surface area contributed by atoms with Crippen molar-refractivity contribution in [1.82, 2.24) is 0 Å². The second kappa shape index (κ2) is 6.23. The summed E-state index contributed by atoms with van der Waals surface area (Å²) in [7, 11) is 0. The van der Waals surface area contributed by atoms with Gasteiger partial charge in [0, 0.05) is 12.8 Å². The van der Waals surface area contributed by atoms with Crippen molar-refractivity contribution in [3.63, 3.8) is 0 Å². The fraction of sp³-hybridized carbons (Fsp3) is 0.600. The molecule has 1 heterocycles. The number of halogens is 3. The Labute approximate surface area is 121 Å². The first-order valence-electron chi connectivity index (χ1n) is 7.03. The quantitative estimate of drug-likeness (QED) is 0.920. The Balaban J connectivity index is 2.18. The van der Waals surface area contributed by atoms with Gasteiger partial charge in [-0.25, -0.2) is 0 Å². The lowest BCUT2D eigenvalue weighted by Gasteiger charge is -2.37. The number of hydrogen-bond acceptors (Lipinski definition) is 3. The van der Waals surface area contributed by atoms with E-state index in [1.807, 2.05) is 6.92 Å². The number of aliphatic hydroxyl groups is 1. The fourth-order valence-electron chi connectivity index (χ4n) is 2.68. The summed E-state index contributed by atoms with van der Waals surface area (Å²) in [6, 6.07) is 5.56. The molecule has 1 aromatic carbocycles. The second-order valence-electron chi connectivity index (χ2n) is 5.34. The smallest absolute Gasteiger partial charge is 0.406 e. The van der Waals surface area contributed by atoms with Crippen molar-refractivity contribution in [1.29, 1.82) is 0 Å². The van der Waals surface area contributed by atoms with Crippen molar-refractivity contribution in [2.75, 3.05) is 6.61 Å². The molecule has 118 valence electrons. The number of benzene rings is 1. The van der Waals surface area contributed by atoms with Crippen LogP contribution in [0.4, 0.5) is 13.2 Å². The molecule has 1 saturated heterocycles. The molecule has 1 N–H and O–H groups in total. The third kappa shape index (κ3) is 4.35. The first-order valence-corrected chi connectivity index (χ1v) is 7.03. The SMILES string of the molecule is CCCC1CC(O)(c2cccc(OC(F)(F)F)c2)CCO1. The molecule has 6 heteroatoms. The Morgan fingerprint density at radius 1 is 1.43 bits per heavy atom. The van der Waals surface area contributed by atoms with Crippen LogP contribution in [-0.2, 0) is 10.3 Å². The van der Waals surface area contributed by atoms with Crippen molar-refractivity contribution in [2.24, 2.45) is 0 Å². The predicted octanol–water partition coefficient (Wildman–Crippen LogP) is 3.75. The van der Waals surface area contributed by atoms with E-state index in [9.17, 15) is 18.3 Å². The number of hydrogen-bond donors (Lipinski definition) is 1. The molecule has 0 bridgehead atoms. The number of ether oxygens (including phenoxy) is 2. The largest absolute Gasteiger partial charge is 0.573 e. The fourth-order valence-corrected chi connectivity index (χ4v) is 2.68. The first kappa shape index (κ1) is 16.1. The summed E-state index contributed by atoms with van der Waals surface area (Å²) in [5.74, 6) is -0.313. The van der Waals surface area contributed by atoms with Crippen LogP contribution in [0, 0.1) is 0 Å². The molecule has 1 aliphatic heterocycles. The maximum absolute atomic E-state index is 12.3. The normalized spacial score (nSPS) is 26.6. The number of alkyl halides is 3. The molecule has 2 unspecified atom stereocenters. The van der Waals surface area contributed by atoms with Gasteiger partial charge in [-0.15, -0.1) is 13.2 Å². The highest BCUT2D eigenvalue weighted by Gasteiger charge is 2.37. The standard InChI is InChI=1S/C15H19F3O3/c1-2-4-13-10-14(19,7-8-20-13)11-5-3-6-12(9-11)21-15(16,17)18/h3,5-6,9,13,19H,2,4,7-8,10H2,1H3. The van der Waals surface area contributed by atoms with Crippen molar-refractivity contribution in [3.8, 4) is 5.75 Å². The molecule has 0 radical (unpaired) electrons. The van der Waals surface area contributed by atoms with Gasteiger partial charge in [-0.05, 0) is 24.1 Å². The summed E-state index contributed by atoms with van der Waals surface area (Å²) in [6.45, 7) is 2.42. The van der Waals surface area contributed by atoms with Gasteiger partial charge in [-0.3, -0.25) is 0 Å². The Bertz CT molecular complexity index is 473. The maximum atomic E-state index is 12.3. The lowest BCUT2D eigenvalue weighted by Crippen LogP contribution is -2.38. The van der Waals surface area contributed by atoms with Crippen molar-refractivity contribution in [2.45, 2.75) is 50.7 Å². The number of rotatable bonds is 4. The highest BCUT2D eigenvalue weighted by Crippen LogP contribution is 2.37. The van der Waals surface area contributed by atoms with Gasteiger partial charge in [0.1, 0.15) is 5.75 Å². The third-order valence-corrected chi connectivity index (χ3v) is 3.65. The Hall–Kier alpha value is -1.27. The molecule has 0 amide bonds. The van der Waals surface area contributed by atoms with E-state index in [-0.39, 0.29) is 11.9 Å². The minimum absolute atomic E-state index is 0.0686. The van der Waals surface area contributed by atoms with E-state index >= 15 is 0 Å². The third-order valence-electron chi connectivity index (χ3n) is 3.65. The summed E-state index contributed by atoms with van der Waals surface area (Å²) in [5.41, 5.74) is -0.725. The zero-order chi connectivity index (χ0) is 15.5. The second-order valence-corrected chi connectivity index (χ2v) is 5.34. The first-order chi connectivity index (χ1) is 9.82. The molecule has 2 rings (SSSR count). The van der Waals surface area contributed by atoms with E-state index in [4.69, 9.17) is 4.74 Å². The van der Waals surface area contributed by atoms with Gasteiger partial charge in [-0.1, -0.05) is 25.5 Å². The lowest BCUT2D eigenvalue weighted by molar-refractivity contribution is -0.274. The van der Waals surface area contributed by atoms with E-state index in [1.165, 1.54) is 18.2 Å². The van der Waals surface area contributed by atoms with Crippen LogP contribution in [0.3, 0.4) is 0 Å². The van der Waals surface area contributed by atoms with Gasteiger partial charge >= 0.3 is 6.36 Å². The van der Waals surface area contributed by atoms with Crippen molar-refractivity contribution in [3.05, 3.63) is 29.8 Å². The molecule has 21 heavy (non-hydrogen) atoms. The molecule has 3 nitrogen and oxygen atoms in total. The van der Waals surface area contributed by atoms with Crippen LogP contribution in [0.2, 0.25) is 0 Å². The average Bonchev–Trinajstić information content (AvgIpc) is 2.37. The van der Waals surface area contributed by atoms with Crippen molar-refractivity contribution < 1.29 is 27.8 Å². The highest BCUT2D eigenvalue weighted by molar-refractivity contribution is 5.33. The van der Waals surface area contributed by atoms with Crippen LogP contribution in [0.5, 0.6) is 5.75 Å². The van der Waals surface area contributed by atoms with E-state index in [2.05, 4.69) is 4.74 Å². The summed E-state index contributed by atoms with van der Waals surface area (Å²) in [5, 5.41) is 10.7. The van der Waals surface area contributed by atoms with Crippen LogP contribution >= 0.6 is 0 Å². The molecular formula is C15H19F3O3. The van der Waals surface area contributed by atoms with E-state index < -0.39 is 12.0 Å². The predicted molar refractivity (Wildman–Crippen MR) is 70.9 cm³/mol. The minimum atomic E-state index is -4.73. The van der Waals surface area contributed by atoms with Gasteiger partial charge in [0.25, 0.3) is 0 Å². The summed E-state index contributed by atoms with van der Waals surface area (Å²) in [4.78, 5) is 0. The van der Waals surface area contributed by atoms with Crippen molar-refractivity contribution >= 4 is 0 Å². The van der Waals surface area contributed by atoms with Crippen LogP contribution in [0.15, 0.2) is 24.3 Å². The van der Waals surface area contributed by atoms with Gasteiger partial charge in [0.15, 0.2) is 0 Å². The summed E-state index contributed by atoms with van der Waals surface area (Å²) >= 11 is 0. The maximum Gasteiger partial charge on any atom is 0.573 e. The van der Waals surface area contributed by atoms with Gasteiger partial charge in [-0.2, -0.15) is 0 Å². The summed E-state index contributed by atoms with van der Waals surface area (Å²) in [6.07, 6.45) is -2.30. The molecule has 2 atom stereocenters. The molecule has 1 fully saturated rings. The van der Waals surface area contributed by atoms with E-state index in [0.717, 1.165) is 12.8 Å². The molecule has 0 aliphatic carbocycles. The monoisotopic (exact) mass is 304 g/mol. The average molecular weight is 304 g/mol. The van der Waals surface area contributed by atoms with Crippen LogP contribution < -0.4 is 4.74 Å². The van der Waals surface area contributed by atoms with Crippen LogP contribution in [0.25, 0.3) is 0 Å². The molecule has 0 aromatic heterocycles. The van der Waals surface area contributed by atoms with Crippen LogP contribution in [-0.4, -0.2) is 24.2 Å². The zero-order valence-electron chi connectivity index (χ0n) is 11.8. The van der Waals surface area contributed by atoms with E-state index in [1.54, 1.807) is 6.07 Å². The molecular weight excluding hydrogens is 285 g/mol. The molecule has 0 saturated carbocycles. The Kier molecular flexibility index (Phi) is 4.78. The topological polar surface area (TPSA) is 38.7 Å². The van der Waals surface area contributed by atoms with Crippen LogP contribution in [0.1, 0.15) is 38.2 Å². The minimum Gasteiger partial charge on any atom is -0.406 e. The Morgan fingerprint density at radius 3 is 2.86 bits per heavy atom. The van der Waals surface area contributed by atoms with Gasteiger partial charge < -0.3 is 14.6 Å². The summed E-state index contributed by atoms with van der Waals surface area (Å²) < 4.78 is 46.3. The Morgan fingerprint density at radius 2 is 2.19 bits per heavy atom. The highest BCUT2D eigenvalue weighted by atomic mass is 19.4. The lowest BCUT2D eigenvalue weighted by atomic mass is 9.83.